The standard InChI is InChI=1S/C38H22N2OS2.C14H8Br2N2O.C12H8BO2S/c1-3-13-33-29(7-1)31-11-5-9-27(35(31)42-33)23-15-19-25(20-16-23)37-39-40-38(41-37)26-21-17-24(18-22-26)28-10-6-12-32-30-8-2-4-14-34(30)43-36(28)32;15-11-5-1-9(2-6-11)13-17-18-14(19-13)10-3-7-12(16)8-4-10;14-13-15-10-6-3-5-9-8-4-1-2-7-11(8)16-12(9)10/h1-22H;1-8H;1-7,14H. The molecule has 5 aromatic heterocycles. The maximum absolute atomic E-state index is 8.71. The number of benzene rings is 10. The molecule has 78 heavy (non-hydrogen) atoms. The summed E-state index contributed by atoms with van der Waals surface area (Å²) in [5.74, 6) is 2.76. The van der Waals surface area contributed by atoms with Gasteiger partial charge in [-0.05, 0) is 119 Å². The van der Waals surface area contributed by atoms with Crippen LogP contribution in [0.3, 0.4) is 0 Å². The Morgan fingerprint density at radius 1 is 0.333 bits per heavy atom. The Bertz CT molecular complexity index is 4380. The molecule has 0 aliphatic heterocycles. The molecule has 10 aromatic carbocycles. The normalized spacial score (nSPS) is 11.3. The lowest BCUT2D eigenvalue weighted by atomic mass is 10.0. The number of nitrogens with zero attached hydrogens (tertiary/aromatic N) is 4. The molecule has 0 amide bonds. The molecule has 15 aromatic rings. The van der Waals surface area contributed by atoms with Crippen LogP contribution in [0.25, 0.3) is 129 Å². The van der Waals surface area contributed by atoms with Crippen molar-refractivity contribution < 1.29 is 18.5 Å². The summed E-state index contributed by atoms with van der Waals surface area (Å²) >= 11 is 12.2. The first-order chi connectivity index (χ1) is 38.4. The van der Waals surface area contributed by atoms with E-state index in [-0.39, 0.29) is 0 Å². The summed E-state index contributed by atoms with van der Waals surface area (Å²) in [4.78, 5) is 0. The van der Waals surface area contributed by atoms with Crippen LogP contribution in [0.15, 0.2) is 242 Å². The van der Waals surface area contributed by atoms with E-state index >= 15 is 0 Å². The molecule has 1 N–H and O–H groups in total. The van der Waals surface area contributed by atoms with Gasteiger partial charge in [0.1, 0.15) is 5.75 Å². The molecule has 0 fully saturated rings. The second-order valence-electron chi connectivity index (χ2n) is 18.0. The Labute approximate surface area is 476 Å². The summed E-state index contributed by atoms with van der Waals surface area (Å²) in [5, 5.41) is 33.2. The molecule has 14 heteroatoms. The molecule has 373 valence electrons. The van der Waals surface area contributed by atoms with Crippen LogP contribution in [-0.4, -0.2) is 33.1 Å². The fourth-order valence-electron chi connectivity index (χ4n) is 9.50. The van der Waals surface area contributed by atoms with E-state index in [9.17, 15) is 0 Å². The Morgan fingerprint density at radius 3 is 1.03 bits per heavy atom. The average molecular weight is 1190 g/mol. The molecule has 0 saturated heterocycles. The Morgan fingerprint density at radius 2 is 0.641 bits per heavy atom. The van der Waals surface area contributed by atoms with Crippen LogP contribution in [0.5, 0.6) is 5.75 Å². The molecule has 0 unspecified atom stereocenters. The van der Waals surface area contributed by atoms with Crippen molar-refractivity contribution in [3.05, 3.63) is 233 Å². The first-order valence-corrected chi connectivity index (χ1v) is 28.7. The predicted molar refractivity (Wildman–Crippen MR) is 330 cm³/mol. The van der Waals surface area contributed by atoms with E-state index in [0.717, 1.165) is 43.6 Å². The summed E-state index contributed by atoms with van der Waals surface area (Å²) in [6.45, 7) is 0. The minimum Gasteiger partial charge on any atom is -0.536 e. The molecule has 8 nitrogen and oxygen atoms in total. The predicted octanol–water partition coefficient (Wildman–Crippen LogP) is 19.4. The van der Waals surface area contributed by atoms with Crippen molar-refractivity contribution in [2.45, 2.75) is 0 Å². The molecule has 1 radical (unpaired) electrons. The van der Waals surface area contributed by atoms with Crippen LogP contribution in [0.4, 0.5) is 0 Å². The third kappa shape index (κ3) is 9.83. The van der Waals surface area contributed by atoms with Gasteiger partial charge in [0.15, 0.2) is 0 Å². The molecule has 0 spiro atoms. The van der Waals surface area contributed by atoms with Gasteiger partial charge in [-0.3, -0.25) is 0 Å². The van der Waals surface area contributed by atoms with Crippen molar-refractivity contribution >= 4 is 134 Å². The first kappa shape index (κ1) is 49.5. The lowest BCUT2D eigenvalue weighted by Crippen LogP contribution is -1.99. The highest BCUT2D eigenvalue weighted by Gasteiger charge is 2.16. The Hall–Kier alpha value is -8.08. The summed E-state index contributed by atoms with van der Waals surface area (Å²) in [6.07, 6.45) is 0. The largest absolute Gasteiger partial charge is 0.569 e. The van der Waals surface area contributed by atoms with Gasteiger partial charge in [0, 0.05) is 87.0 Å². The Balaban J connectivity index is 0.000000135. The van der Waals surface area contributed by atoms with Crippen LogP contribution in [0.1, 0.15) is 0 Å². The minimum absolute atomic E-state index is 0.515. The fraction of sp³-hybridized carbons (Fsp3) is 0. The molecule has 0 saturated carbocycles. The van der Waals surface area contributed by atoms with Gasteiger partial charge in [-0.25, -0.2) is 0 Å². The summed E-state index contributed by atoms with van der Waals surface area (Å²) in [7, 11) is 0.721. The number of hydrogen-bond acceptors (Lipinski definition) is 11. The highest BCUT2D eigenvalue weighted by molar-refractivity contribution is 9.10. The SMILES string of the molecule is Brc1ccc(-c2nnc(-c3ccc(Br)cc3)o2)cc1.O[B]Oc1cccc2c1sc1ccccc12.c1ccc2c(c1)sc1c(-c3ccc(-c4nnc(-c5ccc(-c6cccc7c6sc6ccccc67)cc5)o4)cc3)cccc12. The molecule has 5 heterocycles. The van der Waals surface area contributed by atoms with E-state index in [1.165, 1.54) is 78.1 Å². The fourth-order valence-corrected chi connectivity index (χ4v) is 13.7. The van der Waals surface area contributed by atoms with Gasteiger partial charge < -0.3 is 18.5 Å². The number of fused-ring (bicyclic) bond motifs is 9. The lowest BCUT2D eigenvalue weighted by Gasteiger charge is -2.05. The van der Waals surface area contributed by atoms with E-state index in [0.29, 0.717) is 29.3 Å². The second-order valence-corrected chi connectivity index (χ2v) is 23.0. The van der Waals surface area contributed by atoms with E-state index in [2.05, 4.69) is 204 Å². The topological polar surface area (TPSA) is 107 Å². The summed E-state index contributed by atoms with van der Waals surface area (Å²) in [5.41, 5.74) is 8.43. The van der Waals surface area contributed by atoms with Crippen molar-refractivity contribution in [1.29, 1.82) is 0 Å². The van der Waals surface area contributed by atoms with Gasteiger partial charge >= 0.3 is 7.69 Å². The van der Waals surface area contributed by atoms with Crippen LogP contribution in [0.2, 0.25) is 0 Å². The van der Waals surface area contributed by atoms with Crippen molar-refractivity contribution in [3.63, 3.8) is 0 Å². The van der Waals surface area contributed by atoms with Gasteiger partial charge in [-0.15, -0.1) is 54.4 Å². The Kier molecular flexibility index (Phi) is 13.8. The molecular formula is C64H38BBr2N4O4S3. The van der Waals surface area contributed by atoms with Crippen molar-refractivity contribution in [2.24, 2.45) is 0 Å². The molecule has 0 aliphatic rings. The highest BCUT2D eigenvalue weighted by atomic mass is 79.9. The zero-order chi connectivity index (χ0) is 52.5. The number of halogens is 2. The maximum Gasteiger partial charge on any atom is 0.569 e. The monoisotopic (exact) mass is 1190 g/mol. The smallest absolute Gasteiger partial charge is 0.536 e. The zero-order valence-electron chi connectivity index (χ0n) is 40.9. The number of thiophene rings is 3. The van der Waals surface area contributed by atoms with E-state index in [1.54, 1.807) is 11.3 Å². The summed E-state index contributed by atoms with van der Waals surface area (Å²) in [6, 6.07) is 76.7. The van der Waals surface area contributed by atoms with Gasteiger partial charge in [0.2, 0.25) is 23.6 Å². The molecule has 0 bridgehead atoms. The summed E-state index contributed by atoms with van der Waals surface area (Å²) < 4.78 is 26.5. The quantitative estimate of drug-likeness (QED) is 0.150. The third-order valence-corrected chi connectivity index (χ3v) is 18.0. The number of aromatic nitrogens is 4. The molecule has 0 aliphatic carbocycles. The molecule has 0 atom stereocenters. The van der Waals surface area contributed by atoms with Crippen LogP contribution in [0, 0.1) is 0 Å². The lowest BCUT2D eigenvalue weighted by molar-refractivity contribution is 0.457. The van der Waals surface area contributed by atoms with E-state index < -0.39 is 0 Å². The van der Waals surface area contributed by atoms with E-state index in [1.807, 2.05) is 95.5 Å². The number of hydrogen-bond donors (Lipinski definition) is 1. The van der Waals surface area contributed by atoms with Gasteiger partial charge in [-0.1, -0.05) is 159 Å². The highest BCUT2D eigenvalue weighted by Crippen LogP contribution is 2.43. The van der Waals surface area contributed by atoms with Crippen molar-refractivity contribution in [1.82, 2.24) is 20.4 Å². The third-order valence-electron chi connectivity index (χ3n) is 13.3. The second kappa shape index (κ2) is 21.7. The van der Waals surface area contributed by atoms with Crippen LogP contribution >= 0.6 is 65.9 Å². The van der Waals surface area contributed by atoms with Gasteiger partial charge in [0.05, 0.1) is 4.70 Å². The maximum atomic E-state index is 8.71. The van der Waals surface area contributed by atoms with Crippen LogP contribution < -0.4 is 4.65 Å². The average Bonchev–Trinajstić information content (AvgIpc) is 4.46. The zero-order valence-corrected chi connectivity index (χ0v) is 46.5. The van der Waals surface area contributed by atoms with Crippen molar-refractivity contribution in [2.75, 3.05) is 0 Å². The van der Waals surface area contributed by atoms with E-state index in [4.69, 9.17) is 18.5 Å². The molecule has 15 rings (SSSR count). The minimum atomic E-state index is 0.515. The first-order valence-electron chi connectivity index (χ1n) is 24.7. The number of rotatable bonds is 8. The molecular weight excluding hydrogens is 1160 g/mol. The van der Waals surface area contributed by atoms with Crippen molar-refractivity contribution in [3.8, 4) is 73.8 Å². The van der Waals surface area contributed by atoms with Gasteiger partial charge in [0.25, 0.3) is 0 Å². The van der Waals surface area contributed by atoms with Crippen LogP contribution in [-0.2, 0) is 0 Å². The van der Waals surface area contributed by atoms with Gasteiger partial charge in [-0.2, -0.15) is 0 Å².